The molecule has 2 aliphatic rings. The lowest BCUT2D eigenvalue weighted by molar-refractivity contribution is -0.125. The van der Waals surface area contributed by atoms with Crippen molar-refractivity contribution in [3.8, 4) is 0 Å². The van der Waals surface area contributed by atoms with Crippen LogP contribution in [0.4, 0.5) is 11.4 Å². The fraction of sp³-hybridized carbons (Fsp3) is 0.579. The summed E-state index contributed by atoms with van der Waals surface area (Å²) in [6.07, 6.45) is 0.615. The number of likely N-dealkylation sites (N-methyl/N-ethyl adjacent to an activating group) is 1. The van der Waals surface area contributed by atoms with Gasteiger partial charge in [0.05, 0.1) is 18.4 Å². The van der Waals surface area contributed by atoms with Crippen LogP contribution in [0.25, 0.3) is 0 Å². The third-order valence-corrected chi connectivity index (χ3v) is 5.07. The van der Waals surface area contributed by atoms with E-state index in [1.165, 1.54) is 5.69 Å². The average molecular weight is 360 g/mol. The van der Waals surface area contributed by atoms with Gasteiger partial charge in [0.2, 0.25) is 11.8 Å². The lowest BCUT2D eigenvalue weighted by atomic mass is 10.2. The van der Waals surface area contributed by atoms with Crippen LogP contribution in [0.1, 0.15) is 6.42 Å². The molecular weight excluding hydrogens is 332 g/mol. The van der Waals surface area contributed by atoms with Gasteiger partial charge in [0.1, 0.15) is 0 Å². The molecule has 3 rings (SSSR count). The van der Waals surface area contributed by atoms with Crippen LogP contribution in [0.5, 0.6) is 0 Å². The van der Waals surface area contributed by atoms with E-state index < -0.39 is 0 Å². The highest BCUT2D eigenvalue weighted by atomic mass is 16.5. The number of carbonyl (C=O) groups excluding carboxylic acids is 2. The summed E-state index contributed by atoms with van der Waals surface area (Å²) < 4.78 is 4.90. The number of benzene rings is 1. The second-order valence-electron chi connectivity index (χ2n) is 7.06. The molecule has 2 atom stereocenters. The van der Waals surface area contributed by atoms with E-state index >= 15 is 0 Å². The van der Waals surface area contributed by atoms with Crippen LogP contribution in [0.3, 0.4) is 0 Å². The number of nitrogens with one attached hydrogen (secondary N) is 2. The highest BCUT2D eigenvalue weighted by Crippen LogP contribution is 2.39. The Balaban J connectivity index is 1.46. The van der Waals surface area contributed by atoms with E-state index in [2.05, 4.69) is 27.5 Å². The van der Waals surface area contributed by atoms with Crippen molar-refractivity contribution < 1.29 is 14.3 Å². The summed E-state index contributed by atoms with van der Waals surface area (Å²) in [4.78, 5) is 28.9. The van der Waals surface area contributed by atoms with Crippen LogP contribution in [0.2, 0.25) is 0 Å². The molecule has 2 unspecified atom stereocenters. The molecular formula is C19H28N4O3. The highest BCUT2D eigenvalue weighted by molar-refractivity contribution is 5.99. The summed E-state index contributed by atoms with van der Waals surface area (Å²) in [6, 6.07) is 7.95. The number of carbonyl (C=O) groups is 2. The number of hydrogen-bond acceptors (Lipinski definition) is 5. The van der Waals surface area contributed by atoms with Gasteiger partial charge in [0, 0.05) is 51.2 Å². The number of anilines is 2. The SMILES string of the molecule is COCCNC(=O)C1CC1C(=O)Nc1ccc(N2CCN(C)CC2)cc1. The van der Waals surface area contributed by atoms with Gasteiger partial charge in [-0.25, -0.2) is 0 Å². The first kappa shape index (κ1) is 18.7. The average Bonchev–Trinajstić information content (AvgIpc) is 3.44. The van der Waals surface area contributed by atoms with Crippen molar-refractivity contribution in [3.05, 3.63) is 24.3 Å². The minimum atomic E-state index is -0.227. The number of amides is 2. The maximum absolute atomic E-state index is 12.3. The molecule has 0 aromatic heterocycles. The van der Waals surface area contributed by atoms with E-state index in [9.17, 15) is 9.59 Å². The predicted molar refractivity (Wildman–Crippen MR) is 101 cm³/mol. The highest BCUT2D eigenvalue weighted by Gasteiger charge is 2.47. The maximum Gasteiger partial charge on any atom is 0.228 e. The molecule has 0 bridgehead atoms. The van der Waals surface area contributed by atoms with E-state index in [0.717, 1.165) is 31.9 Å². The number of piperazine rings is 1. The van der Waals surface area contributed by atoms with Gasteiger partial charge in [-0.3, -0.25) is 9.59 Å². The maximum atomic E-state index is 12.3. The zero-order chi connectivity index (χ0) is 18.5. The molecule has 0 radical (unpaired) electrons. The van der Waals surface area contributed by atoms with Gasteiger partial charge >= 0.3 is 0 Å². The first-order valence-electron chi connectivity index (χ1n) is 9.19. The molecule has 7 heteroatoms. The Kier molecular flexibility index (Phi) is 6.11. The summed E-state index contributed by atoms with van der Waals surface area (Å²) in [7, 11) is 3.73. The summed E-state index contributed by atoms with van der Waals surface area (Å²) in [5.74, 6) is -0.580. The van der Waals surface area contributed by atoms with Crippen LogP contribution in [-0.2, 0) is 14.3 Å². The molecule has 1 heterocycles. The molecule has 1 aliphatic heterocycles. The Morgan fingerprint density at radius 3 is 2.38 bits per heavy atom. The molecule has 1 aromatic carbocycles. The summed E-state index contributed by atoms with van der Waals surface area (Å²) >= 11 is 0. The molecule has 0 spiro atoms. The topological polar surface area (TPSA) is 73.9 Å². The van der Waals surface area contributed by atoms with Gasteiger partial charge in [-0.2, -0.15) is 0 Å². The molecule has 1 aliphatic carbocycles. The standard InChI is InChI=1S/C19H28N4O3/c1-22-8-10-23(11-9-22)15-5-3-14(4-6-15)21-19(25)17-13-16(17)18(24)20-7-12-26-2/h3-6,16-17H,7-13H2,1-2H3,(H,20,24)(H,21,25). The van der Waals surface area contributed by atoms with Crippen LogP contribution >= 0.6 is 0 Å². The van der Waals surface area contributed by atoms with Crippen molar-refractivity contribution in [2.75, 3.05) is 63.7 Å². The molecule has 1 saturated carbocycles. The molecule has 1 saturated heterocycles. The largest absolute Gasteiger partial charge is 0.383 e. The minimum absolute atomic E-state index is 0.0624. The smallest absolute Gasteiger partial charge is 0.228 e. The number of hydrogen-bond donors (Lipinski definition) is 2. The van der Waals surface area contributed by atoms with Crippen LogP contribution < -0.4 is 15.5 Å². The van der Waals surface area contributed by atoms with Crippen molar-refractivity contribution in [2.24, 2.45) is 11.8 Å². The van der Waals surface area contributed by atoms with E-state index in [-0.39, 0.29) is 23.7 Å². The zero-order valence-electron chi connectivity index (χ0n) is 15.5. The molecule has 2 N–H and O–H groups in total. The van der Waals surface area contributed by atoms with Crippen molar-refractivity contribution in [2.45, 2.75) is 6.42 Å². The summed E-state index contributed by atoms with van der Waals surface area (Å²) in [5.41, 5.74) is 1.95. The summed E-state index contributed by atoms with van der Waals surface area (Å²) in [6.45, 7) is 5.12. The Hall–Kier alpha value is -2.12. The Morgan fingerprint density at radius 1 is 1.08 bits per heavy atom. The van der Waals surface area contributed by atoms with Crippen molar-refractivity contribution >= 4 is 23.2 Å². The number of nitrogens with zero attached hydrogens (tertiary/aromatic N) is 2. The van der Waals surface area contributed by atoms with Crippen LogP contribution in [-0.4, -0.2) is 70.2 Å². The van der Waals surface area contributed by atoms with E-state index in [4.69, 9.17) is 4.74 Å². The lowest BCUT2D eigenvalue weighted by Crippen LogP contribution is -2.44. The van der Waals surface area contributed by atoms with Gasteiger partial charge in [-0.05, 0) is 37.7 Å². The monoisotopic (exact) mass is 360 g/mol. The first-order chi connectivity index (χ1) is 12.6. The van der Waals surface area contributed by atoms with Gasteiger partial charge in [-0.1, -0.05) is 0 Å². The Morgan fingerprint density at radius 2 is 1.73 bits per heavy atom. The van der Waals surface area contributed by atoms with E-state index in [1.807, 2.05) is 24.3 Å². The van der Waals surface area contributed by atoms with Gasteiger partial charge < -0.3 is 25.2 Å². The Bertz CT molecular complexity index is 626. The predicted octanol–water partition coefficient (Wildman–Crippen LogP) is 0.776. The van der Waals surface area contributed by atoms with Gasteiger partial charge in [-0.15, -0.1) is 0 Å². The molecule has 1 aromatic rings. The van der Waals surface area contributed by atoms with E-state index in [0.29, 0.717) is 19.6 Å². The normalized spacial score (nSPS) is 22.8. The van der Waals surface area contributed by atoms with Crippen LogP contribution in [0.15, 0.2) is 24.3 Å². The lowest BCUT2D eigenvalue weighted by Gasteiger charge is -2.34. The van der Waals surface area contributed by atoms with Gasteiger partial charge in [0.25, 0.3) is 0 Å². The summed E-state index contributed by atoms with van der Waals surface area (Å²) in [5, 5.41) is 5.71. The molecule has 7 nitrogen and oxygen atoms in total. The van der Waals surface area contributed by atoms with E-state index in [1.54, 1.807) is 7.11 Å². The fourth-order valence-corrected chi connectivity index (χ4v) is 3.24. The third-order valence-electron chi connectivity index (χ3n) is 5.07. The molecule has 142 valence electrons. The number of ether oxygens (including phenoxy) is 1. The van der Waals surface area contributed by atoms with Crippen molar-refractivity contribution in [1.29, 1.82) is 0 Å². The molecule has 2 amide bonds. The van der Waals surface area contributed by atoms with Gasteiger partial charge in [0.15, 0.2) is 0 Å². The molecule has 2 fully saturated rings. The van der Waals surface area contributed by atoms with Crippen molar-refractivity contribution in [3.63, 3.8) is 0 Å². The third kappa shape index (κ3) is 4.74. The first-order valence-corrected chi connectivity index (χ1v) is 9.19. The number of rotatable bonds is 7. The second-order valence-corrected chi connectivity index (χ2v) is 7.06. The number of methoxy groups -OCH3 is 1. The molecule has 26 heavy (non-hydrogen) atoms. The Labute approximate surface area is 154 Å². The zero-order valence-corrected chi connectivity index (χ0v) is 15.5. The quantitative estimate of drug-likeness (QED) is 0.703. The van der Waals surface area contributed by atoms with Crippen molar-refractivity contribution in [1.82, 2.24) is 10.2 Å². The fourth-order valence-electron chi connectivity index (χ4n) is 3.24. The second kappa shape index (κ2) is 8.51. The van der Waals surface area contributed by atoms with Crippen LogP contribution in [0, 0.1) is 11.8 Å². The minimum Gasteiger partial charge on any atom is -0.383 e.